The van der Waals surface area contributed by atoms with Gasteiger partial charge >= 0.3 is 5.97 Å². The van der Waals surface area contributed by atoms with E-state index in [2.05, 4.69) is 74.6 Å². The Balaban J connectivity index is 3.41. The van der Waals surface area contributed by atoms with Crippen LogP contribution in [0, 0.1) is 0 Å². The molecule has 29 heavy (non-hydrogen) atoms. The molecule has 0 bridgehead atoms. The molecule has 0 unspecified atom stereocenters. The summed E-state index contributed by atoms with van der Waals surface area (Å²) in [5, 5.41) is 0. The summed E-state index contributed by atoms with van der Waals surface area (Å²) >= 11 is 0. The van der Waals surface area contributed by atoms with E-state index in [0.29, 0.717) is 13.2 Å². The minimum Gasteiger partial charge on any atom is -0.464 e. The van der Waals surface area contributed by atoms with E-state index < -0.39 is 0 Å². The monoisotopic (exact) mass is 402 g/mol. The van der Waals surface area contributed by atoms with E-state index >= 15 is 0 Å². The number of hydrogen-bond acceptors (Lipinski definition) is 3. The van der Waals surface area contributed by atoms with Crippen LogP contribution in [0.15, 0.2) is 60.8 Å². The van der Waals surface area contributed by atoms with Gasteiger partial charge in [-0.25, -0.2) is 4.79 Å². The van der Waals surface area contributed by atoms with Gasteiger partial charge in [0, 0.05) is 6.61 Å². The van der Waals surface area contributed by atoms with E-state index in [1.165, 1.54) is 0 Å². The van der Waals surface area contributed by atoms with Crippen molar-refractivity contribution < 1.29 is 14.3 Å². The number of rotatable bonds is 19. The molecule has 0 aliphatic heterocycles. The molecule has 0 aliphatic rings. The molecule has 0 rings (SSSR count). The fraction of sp³-hybridized carbons (Fsp3) is 0.577. The van der Waals surface area contributed by atoms with Crippen molar-refractivity contribution in [1.82, 2.24) is 0 Å². The summed E-state index contributed by atoms with van der Waals surface area (Å²) in [6.45, 7) is 5.42. The van der Waals surface area contributed by atoms with E-state index in [4.69, 9.17) is 9.47 Å². The van der Waals surface area contributed by atoms with Crippen LogP contribution in [0.5, 0.6) is 0 Å². The van der Waals surface area contributed by atoms with Crippen LogP contribution < -0.4 is 0 Å². The second-order valence-corrected chi connectivity index (χ2v) is 6.83. The molecule has 0 aromatic rings. The van der Waals surface area contributed by atoms with Gasteiger partial charge in [0.25, 0.3) is 0 Å². The summed E-state index contributed by atoms with van der Waals surface area (Å²) in [6, 6.07) is 0. The predicted octanol–water partition coefficient (Wildman–Crippen LogP) is 7.27. The third kappa shape index (κ3) is 24.1. The molecule has 0 atom stereocenters. The van der Waals surface area contributed by atoms with Crippen LogP contribution >= 0.6 is 0 Å². The maximum Gasteiger partial charge on any atom is 0.332 e. The van der Waals surface area contributed by atoms with Gasteiger partial charge in [0.15, 0.2) is 0 Å². The van der Waals surface area contributed by atoms with Gasteiger partial charge in [-0.1, -0.05) is 81.0 Å². The molecule has 0 aliphatic carbocycles. The van der Waals surface area contributed by atoms with Crippen molar-refractivity contribution in [3.05, 3.63) is 60.8 Å². The molecule has 0 aromatic heterocycles. The topological polar surface area (TPSA) is 35.5 Å². The third-order valence-corrected chi connectivity index (χ3v) is 4.05. The molecule has 0 saturated heterocycles. The number of unbranched alkanes of at least 4 members (excludes halogenated alkanes) is 3. The van der Waals surface area contributed by atoms with Crippen LogP contribution in [0.2, 0.25) is 0 Å². The van der Waals surface area contributed by atoms with Gasteiger partial charge in [-0.2, -0.15) is 0 Å². The van der Waals surface area contributed by atoms with Crippen molar-refractivity contribution >= 4 is 5.97 Å². The van der Waals surface area contributed by atoms with Crippen LogP contribution in [0.1, 0.15) is 78.1 Å². The fourth-order valence-corrected chi connectivity index (χ4v) is 2.36. The van der Waals surface area contributed by atoms with Gasteiger partial charge in [0.1, 0.15) is 6.61 Å². The molecular weight excluding hydrogens is 360 g/mol. The van der Waals surface area contributed by atoms with Crippen molar-refractivity contribution in [3.63, 3.8) is 0 Å². The molecule has 3 heteroatoms. The minimum absolute atomic E-state index is 0.0748. The van der Waals surface area contributed by atoms with Crippen LogP contribution in [0.3, 0.4) is 0 Å². The number of carbonyl (C=O) groups excluding carboxylic acids is 1. The van der Waals surface area contributed by atoms with Gasteiger partial charge < -0.3 is 9.47 Å². The average molecular weight is 403 g/mol. The summed E-state index contributed by atoms with van der Waals surface area (Å²) in [5.41, 5.74) is 0. The molecular formula is C26H42O3. The number of hydrogen-bond donors (Lipinski definition) is 0. The lowest BCUT2D eigenvalue weighted by atomic mass is 10.2. The summed E-state index contributed by atoms with van der Waals surface area (Å²) in [6.07, 6.45) is 32.3. The SMILES string of the molecule is CC/C=C\C/C=C\C/C=C\C/C=C\C/C=C\CCCCOCC(=O)OCCCC. The largest absolute Gasteiger partial charge is 0.464 e. The molecule has 164 valence electrons. The molecule has 0 amide bonds. The fourth-order valence-electron chi connectivity index (χ4n) is 2.36. The van der Waals surface area contributed by atoms with Crippen LogP contribution in [-0.2, 0) is 14.3 Å². The quantitative estimate of drug-likeness (QED) is 0.129. The van der Waals surface area contributed by atoms with Crippen LogP contribution in [0.25, 0.3) is 0 Å². The first kappa shape index (κ1) is 27.1. The maximum atomic E-state index is 11.3. The normalized spacial score (nSPS) is 12.5. The van der Waals surface area contributed by atoms with Crippen molar-refractivity contribution in [2.75, 3.05) is 19.8 Å². The van der Waals surface area contributed by atoms with E-state index in [-0.39, 0.29) is 12.6 Å². The zero-order valence-electron chi connectivity index (χ0n) is 18.7. The molecule has 3 nitrogen and oxygen atoms in total. The highest BCUT2D eigenvalue weighted by Crippen LogP contribution is 2.00. The Morgan fingerprint density at radius 3 is 1.76 bits per heavy atom. The Kier molecular flexibility index (Phi) is 22.6. The average Bonchev–Trinajstić information content (AvgIpc) is 2.72. The Bertz CT molecular complexity index is 498. The van der Waals surface area contributed by atoms with Crippen molar-refractivity contribution in [3.8, 4) is 0 Å². The van der Waals surface area contributed by atoms with Crippen molar-refractivity contribution in [2.45, 2.75) is 78.1 Å². The minimum atomic E-state index is -0.253. The van der Waals surface area contributed by atoms with Crippen molar-refractivity contribution in [2.24, 2.45) is 0 Å². The lowest BCUT2D eigenvalue weighted by Crippen LogP contribution is -2.13. The molecule has 0 N–H and O–H groups in total. The summed E-state index contributed by atoms with van der Waals surface area (Å²) in [7, 11) is 0. The number of esters is 1. The van der Waals surface area contributed by atoms with E-state index in [1.807, 2.05) is 0 Å². The van der Waals surface area contributed by atoms with E-state index in [0.717, 1.165) is 64.2 Å². The Morgan fingerprint density at radius 1 is 0.655 bits per heavy atom. The number of allylic oxidation sites excluding steroid dienone is 10. The lowest BCUT2D eigenvalue weighted by molar-refractivity contribution is -0.149. The van der Waals surface area contributed by atoms with Gasteiger partial charge in [-0.05, 0) is 57.8 Å². The molecule has 0 aromatic carbocycles. The first-order valence-electron chi connectivity index (χ1n) is 11.3. The predicted molar refractivity (Wildman–Crippen MR) is 125 cm³/mol. The summed E-state index contributed by atoms with van der Waals surface area (Å²) in [5.74, 6) is -0.253. The van der Waals surface area contributed by atoms with Crippen LogP contribution in [0.4, 0.5) is 0 Å². The molecule has 0 heterocycles. The van der Waals surface area contributed by atoms with Gasteiger partial charge in [-0.3, -0.25) is 0 Å². The standard InChI is InChI=1S/C26H42O3/c1-3-5-7-8-9-10-11-12-13-14-15-16-17-18-19-20-21-22-23-28-25-26(27)29-24-6-4-2/h5,7,9-10,12-13,15-16,18-19H,3-4,6,8,11,14,17,20-25H2,1-2H3/b7-5-,10-9-,13-12-,16-15-,19-18-. The summed E-state index contributed by atoms with van der Waals surface area (Å²) < 4.78 is 10.4. The molecule has 0 saturated carbocycles. The van der Waals surface area contributed by atoms with Crippen molar-refractivity contribution in [1.29, 1.82) is 0 Å². The van der Waals surface area contributed by atoms with Gasteiger partial charge in [0.2, 0.25) is 0 Å². The zero-order chi connectivity index (χ0) is 21.3. The van der Waals surface area contributed by atoms with E-state index in [1.54, 1.807) is 0 Å². The first-order chi connectivity index (χ1) is 14.3. The smallest absolute Gasteiger partial charge is 0.332 e. The third-order valence-electron chi connectivity index (χ3n) is 4.05. The number of carbonyl (C=O) groups is 1. The molecule has 0 fully saturated rings. The Morgan fingerprint density at radius 2 is 1.21 bits per heavy atom. The van der Waals surface area contributed by atoms with Crippen LogP contribution in [-0.4, -0.2) is 25.8 Å². The Labute approximate surface area is 179 Å². The molecule has 0 radical (unpaired) electrons. The highest BCUT2D eigenvalue weighted by molar-refractivity contribution is 5.70. The van der Waals surface area contributed by atoms with E-state index in [9.17, 15) is 4.79 Å². The Hall–Kier alpha value is -1.87. The second-order valence-electron chi connectivity index (χ2n) is 6.83. The number of ether oxygens (including phenoxy) is 2. The zero-order valence-corrected chi connectivity index (χ0v) is 18.7. The first-order valence-corrected chi connectivity index (χ1v) is 11.3. The molecule has 0 spiro atoms. The maximum absolute atomic E-state index is 11.3. The van der Waals surface area contributed by atoms with Gasteiger partial charge in [-0.15, -0.1) is 0 Å². The lowest BCUT2D eigenvalue weighted by Gasteiger charge is -2.04. The highest BCUT2D eigenvalue weighted by Gasteiger charge is 2.01. The second kappa shape index (κ2) is 24.2. The summed E-state index contributed by atoms with van der Waals surface area (Å²) in [4.78, 5) is 11.3. The van der Waals surface area contributed by atoms with Gasteiger partial charge in [0.05, 0.1) is 6.61 Å². The highest BCUT2D eigenvalue weighted by atomic mass is 16.6.